The average Bonchev–Trinajstić information content (AvgIpc) is 2.38. The van der Waals surface area contributed by atoms with E-state index in [1.54, 1.807) is 7.11 Å². The van der Waals surface area contributed by atoms with E-state index in [1.807, 2.05) is 54.6 Å². The highest BCUT2D eigenvalue weighted by molar-refractivity contribution is 5.51. The summed E-state index contributed by atoms with van der Waals surface area (Å²) in [5.41, 5.74) is 1.56. The van der Waals surface area contributed by atoms with Crippen LogP contribution in [0, 0.1) is 0 Å². The second kappa shape index (κ2) is 5.07. The molecular weight excluding hydrogens is 200 g/mol. The Morgan fingerprint density at radius 2 is 1.50 bits per heavy atom. The molecule has 3 heteroatoms. The van der Waals surface area contributed by atoms with Crippen molar-refractivity contribution in [3.8, 4) is 5.75 Å². The van der Waals surface area contributed by atoms with Crippen molar-refractivity contribution in [3.05, 3.63) is 54.6 Å². The number of hydrogen-bond acceptors (Lipinski definition) is 3. The van der Waals surface area contributed by atoms with Gasteiger partial charge in [0.1, 0.15) is 11.4 Å². The lowest BCUT2D eigenvalue weighted by Crippen LogP contribution is -1.81. The van der Waals surface area contributed by atoms with E-state index in [4.69, 9.17) is 4.74 Å². The molecule has 80 valence electrons. The van der Waals surface area contributed by atoms with Crippen molar-refractivity contribution in [2.24, 2.45) is 10.2 Å². The van der Waals surface area contributed by atoms with E-state index in [0.29, 0.717) is 0 Å². The molecule has 0 spiro atoms. The molecule has 0 saturated heterocycles. The lowest BCUT2D eigenvalue weighted by molar-refractivity contribution is 0.416. The Morgan fingerprint density at radius 1 is 0.812 bits per heavy atom. The van der Waals surface area contributed by atoms with Crippen molar-refractivity contribution in [2.45, 2.75) is 0 Å². The molecule has 0 atom stereocenters. The monoisotopic (exact) mass is 212 g/mol. The molecule has 0 aliphatic heterocycles. The molecule has 16 heavy (non-hydrogen) atoms. The van der Waals surface area contributed by atoms with Crippen LogP contribution in [0.15, 0.2) is 64.8 Å². The highest BCUT2D eigenvalue weighted by Crippen LogP contribution is 2.27. The Bertz CT molecular complexity index is 480. The normalized spacial score (nSPS) is 10.6. The Balaban J connectivity index is 2.24. The second-order valence-corrected chi connectivity index (χ2v) is 3.21. The van der Waals surface area contributed by atoms with Gasteiger partial charge in [0.05, 0.1) is 12.8 Å². The number of nitrogens with zero attached hydrogens (tertiary/aromatic N) is 2. The summed E-state index contributed by atoms with van der Waals surface area (Å²) in [7, 11) is 1.62. The zero-order valence-electron chi connectivity index (χ0n) is 9.00. The first-order valence-corrected chi connectivity index (χ1v) is 5.00. The van der Waals surface area contributed by atoms with Crippen LogP contribution in [0.5, 0.6) is 5.75 Å². The number of benzene rings is 2. The summed E-state index contributed by atoms with van der Waals surface area (Å²) < 4.78 is 5.18. The Hall–Kier alpha value is -2.16. The standard InChI is InChI=1S/C13H12N2O/c1-16-13-10-6-5-9-12(13)15-14-11-7-3-2-4-8-11/h2-10H,1H3/b15-14+. The molecule has 2 aromatic carbocycles. The summed E-state index contributed by atoms with van der Waals surface area (Å²) in [5.74, 6) is 0.724. The van der Waals surface area contributed by atoms with Crippen molar-refractivity contribution >= 4 is 11.4 Å². The predicted octanol–water partition coefficient (Wildman–Crippen LogP) is 4.11. The number of rotatable bonds is 3. The molecule has 0 bridgehead atoms. The van der Waals surface area contributed by atoms with Crippen molar-refractivity contribution < 1.29 is 4.74 Å². The minimum absolute atomic E-state index is 0.724. The van der Waals surface area contributed by atoms with Crippen molar-refractivity contribution in [1.82, 2.24) is 0 Å². The zero-order valence-corrected chi connectivity index (χ0v) is 9.00. The topological polar surface area (TPSA) is 34.0 Å². The third kappa shape index (κ3) is 2.45. The van der Waals surface area contributed by atoms with E-state index in [1.165, 1.54) is 0 Å². The molecule has 3 nitrogen and oxygen atoms in total. The van der Waals surface area contributed by atoms with Gasteiger partial charge in [0, 0.05) is 0 Å². The summed E-state index contributed by atoms with van der Waals surface area (Å²) >= 11 is 0. The molecule has 0 saturated carbocycles. The maximum atomic E-state index is 5.18. The third-order valence-corrected chi connectivity index (χ3v) is 2.11. The molecule has 0 aromatic heterocycles. The predicted molar refractivity (Wildman–Crippen MR) is 63.6 cm³/mol. The highest BCUT2D eigenvalue weighted by Gasteiger charge is 1.98. The van der Waals surface area contributed by atoms with Crippen LogP contribution in [0.4, 0.5) is 11.4 Å². The first-order chi connectivity index (χ1) is 7.90. The van der Waals surface area contributed by atoms with Gasteiger partial charge in [0.15, 0.2) is 0 Å². The Kier molecular flexibility index (Phi) is 3.28. The van der Waals surface area contributed by atoms with Gasteiger partial charge < -0.3 is 4.74 Å². The molecule has 0 N–H and O–H groups in total. The van der Waals surface area contributed by atoms with Gasteiger partial charge in [-0.15, -0.1) is 5.11 Å². The molecule has 0 heterocycles. The van der Waals surface area contributed by atoms with E-state index >= 15 is 0 Å². The fraction of sp³-hybridized carbons (Fsp3) is 0.0769. The minimum Gasteiger partial charge on any atom is -0.494 e. The lowest BCUT2D eigenvalue weighted by Gasteiger charge is -2.01. The lowest BCUT2D eigenvalue weighted by atomic mass is 10.3. The third-order valence-electron chi connectivity index (χ3n) is 2.11. The number of ether oxygens (including phenoxy) is 1. The number of azo groups is 1. The van der Waals surface area contributed by atoms with E-state index in [-0.39, 0.29) is 0 Å². The molecule has 2 aromatic rings. The molecule has 0 radical (unpaired) electrons. The summed E-state index contributed by atoms with van der Waals surface area (Å²) in [6, 6.07) is 17.1. The molecule has 0 aliphatic carbocycles. The van der Waals surface area contributed by atoms with Gasteiger partial charge in [-0.05, 0) is 24.3 Å². The second-order valence-electron chi connectivity index (χ2n) is 3.21. The van der Waals surface area contributed by atoms with Gasteiger partial charge in [0.2, 0.25) is 0 Å². The van der Waals surface area contributed by atoms with Gasteiger partial charge >= 0.3 is 0 Å². The summed E-state index contributed by atoms with van der Waals surface area (Å²) in [6.07, 6.45) is 0. The Labute approximate surface area is 94.4 Å². The van der Waals surface area contributed by atoms with Gasteiger partial charge in [-0.2, -0.15) is 5.11 Å². The summed E-state index contributed by atoms with van der Waals surface area (Å²) in [6.45, 7) is 0. The SMILES string of the molecule is COc1ccccc1/N=N/c1ccccc1. The van der Waals surface area contributed by atoms with Crippen LogP contribution in [0.1, 0.15) is 0 Å². The maximum Gasteiger partial charge on any atom is 0.146 e. The van der Waals surface area contributed by atoms with Crippen LogP contribution >= 0.6 is 0 Å². The van der Waals surface area contributed by atoms with Gasteiger partial charge in [-0.3, -0.25) is 0 Å². The molecule has 0 amide bonds. The first-order valence-electron chi connectivity index (χ1n) is 5.00. The van der Waals surface area contributed by atoms with Crippen molar-refractivity contribution in [1.29, 1.82) is 0 Å². The van der Waals surface area contributed by atoms with Crippen LogP contribution in [0.25, 0.3) is 0 Å². The van der Waals surface area contributed by atoms with Gasteiger partial charge in [0.25, 0.3) is 0 Å². The summed E-state index contributed by atoms with van der Waals surface area (Å²) in [5, 5.41) is 8.28. The Morgan fingerprint density at radius 3 is 2.25 bits per heavy atom. The van der Waals surface area contributed by atoms with Crippen LogP contribution in [-0.4, -0.2) is 7.11 Å². The molecule has 0 unspecified atom stereocenters. The van der Waals surface area contributed by atoms with Gasteiger partial charge in [-0.25, -0.2) is 0 Å². The van der Waals surface area contributed by atoms with Crippen LogP contribution < -0.4 is 4.74 Å². The quantitative estimate of drug-likeness (QED) is 0.705. The van der Waals surface area contributed by atoms with Crippen molar-refractivity contribution in [3.63, 3.8) is 0 Å². The molecular formula is C13H12N2O. The fourth-order valence-electron chi connectivity index (χ4n) is 1.32. The summed E-state index contributed by atoms with van der Waals surface area (Å²) in [4.78, 5) is 0. The smallest absolute Gasteiger partial charge is 0.146 e. The minimum atomic E-state index is 0.724. The molecule has 0 aliphatic rings. The van der Waals surface area contributed by atoms with E-state index in [0.717, 1.165) is 17.1 Å². The number of para-hydroxylation sites is 1. The fourth-order valence-corrected chi connectivity index (χ4v) is 1.32. The molecule has 0 fully saturated rings. The first kappa shape index (κ1) is 10.4. The van der Waals surface area contributed by atoms with Gasteiger partial charge in [-0.1, -0.05) is 30.3 Å². The van der Waals surface area contributed by atoms with Crippen LogP contribution in [-0.2, 0) is 0 Å². The number of methoxy groups -OCH3 is 1. The van der Waals surface area contributed by atoms with Crippen LogP contribution in [0.2, 0.25) is 0 Å². The average molecular weight is 212 g/mol. The van der Waals surface area contributed by atoms with E-state index < -0.39 is 0 Å². The van der Waals surface area contributed by atoms with Crippen molar-refractivity contribution in [2.75, 3.05) is 7.11 Å². The largest absolute Gasteiger partial charge is 0.494 e. The number of hydrogen-bond donors (Lipinski definition) is 0. The maximum absolute atomic E-state index is 5.18. The van der Waals surface area contributed by atoms with Crippen LogP contribution in [0.3, 0.4) is 0 Å². The van der Waals surface area contributed by atoms with E-state index in [9.17, 15) is 0 Å². The van der Waals surface area contributed by atoms with E-state index in [2.05, 4.69) is 10.2 Å². The molecule has 2 rings (SSSR count). The highest BCUT2D eigenvalue weighted by atomic mass is 16.5. The zero-order chi connectivity index (χ0) is 11.2.